The molecule has 5 rings (SSSR count). The maximum absolute atomic E-state index is 13.2. The zero-order valence-electron chi connectivity index (χ0n) is 19.8. The predicted molar refractivity (Wildman–Crippen MR) is 136 cm³/mol. The van der Waals surface area contributed by atoms with Gasteiger partial charge in [0.2, 0.25) is 0 Å². The third-order valence-electron chi connectivity index (χ3n) is 6.07. The number of esters is 2. The lowest BCUT2D eigenvalue weighted by Gasteiger charge is -2.39. The van der Waals surface area contributed by atoms with Crippen LogP contribution in [-0.2, 0) is 28.5 Å². The molecule has 192 valence electrons. The molecule has 3 aromatic carbocycles. The van der Waals surface area contributed by atoms with Crippen molar-refractivity contribution in [3.8, 4) is 0 Å². The maximum atomic E-state index is 13.2. The zero-order chi connectivity index (χ0) is 26.0. The van der Waals surface area contributed by atoms with Gasteiger partial charge in [-0.1, -0.05) is 54.1 Å². The molecule has 37 heavy (non-hydrogen) atoms. The van der Waals surface area contributed by atoms with Gasteiger partial charge in [-0.15, -0.1) is 11.8 Å². The van der Waals surface area contributed by atoms with Gasteiger partial charge in [-0.3, -0.25) is 4.18 Å². The highest BCUT2D eigenvalue weighted by Crippen LogP contribution is 2.42. The monoisotopic (exact) mass is 540 g/mol. The molecule has 2 bridgehead atoms. The number of thioether (sulfide) groups is 1. The van der Waals surface area contributed by atoms with Gasteiger partial charge in [0.1, 0.15) is 11.5 Å². The predicted octanol–water partition coefficient (Wildman–Crippen LogP) is 3.99. The molecule has 2 fully saturated rings. The summed E-state index contributed by atoms with van der Waals surface area (Å²) in [6.45, 7) is 1.84. The average Bonchev–Trinajstić information content (AvgIpc) is 3.36. The van der Waals surface area contributed by atoms with Crippen molar-refractivity contribution in [3.63, 3.8) is 0 Å². The minimum absolute atomic E-state index is 0.0446. The van der Waals surface area contributed by atoms with E-state index in [0.29, 0.717) is 11.3 Å². The maximum Gasteiger partial charge on any atom is 0.338 e. The van der Waals surface area contributed by atoms with Gasteiger partial charge in [-0.2, -0.15) is 8.42 Å². The number of rotatable bonds is 7. The Kier molecular flexibility index (Phi) is 7.34. The molecule has 0 N–H and O–H groups in total. The summed E-state index contributed by atoms with van der Waals surface area (Å²) >= 11 is 1.35. The van der Waals surface area contributed by atoms with E-state index in [4.69, 9.17) is 18.4 Å². The van der Waals surface area contributed by atoms with Crippen LogP contribution in [0.4, 0.5) is 0 Å². The minimum Gasteiger partial charge on any atom is -0.452 e. The topological polar surface area (TPSA) is 105 Å². The van der Waals surface area contributed by atoms with E-state index in [9.17, 15) is 18.0 Å². The number of benzene rings is 3. The highest BCUT2D eigenvalue weighted by atomic mass is 32.2. The van der Waals surface area contributed by atoms with E-state index in [0.717, 1.165) is 5.56 Å². The molecule has 3 aromatic rings. The molecule has 0 amide bonds. The average molecular weight is 541 g/mol. The smallest absolute Gasteiger partial charge is 0.338 e. The van der Waals surface area contributed by atoms with Crippen LogP contribution in [0.25, 0.3) is 0 Å². The fraction of sp³-hybridized carbons (Fsp3) is 0.259. The highest BCUT2D eigenvalue weighted by Gasteiger charge is 2.56. The third-order valence-corrected chi connectivity index (χ3v) is 8.62. The summed E-state index contributed by atoms with van der Waals surface area (Å²) in [5, 5.41) is 0. The molecular formula is C27H24O8S2. The quantitative estimate of drug-likeness (QED) is 0.325. The summed E-state index contributed by atoms with van der Waals surface area (Å²) in [5.74, 6) is -0.975. The molecule has 2 saturated heterocycles. The van der Waals surface area contributed by atoms with Crippen molar-refractivity contribution in [3.05, 3.63) is 102 Å². The molecule has 2 aliphatic heterocycles. The molecule has 5 atom stereocenters. The fourth-order valence-electron chi connectivity index (χ4n) is 4.15. The van der Waals surface area contributed by atoms with Gasteiger partial charge in [0.05, 0.1) is 22.1 Å². The lowest BCUT2D eigenvalue weighted by atomic mass is 10.0. The number of hydrogen-bond acceptors (Lipinski definition) is 9. The van der Waals surface area contributed by atoms with Gasteiger partial charge in [0, 0.05) is 5.75 Å². The second-order valence-electron chi connectivity index (χ2n) is 8.68. The highest BCUT2D eigenvalue weighted by molar-refractivity contribution is 8.00. The summed E-state index contributed by atoms with van der Waals surface area (Å²) in [5.41, 5.74) is 0.790. The number of carbonyl (C=O) groups is 2. The molecule has 0 aliphatic carbocycles. The first-order chi connectivity index (χ1) is 17.8. The number of hydrogen-bond donors (Lipinski definition) is 0. The Morgan fingerprint density at radius 3 is 1.89 bits per heavy atom. The second-order valence-corrected chi connectivity index (χ2v) is 11.4. The molecule has 2 heterocycles. The van der Waals surface area contributed by atoms with Crippen molar-refractivity contribution >= 4 is 33.8 Å². The summed E-state index contributed by atoms with van der Waals surface area (Å²) < 4.78 is 49.7. The van der Waals surface area contributed by atoms with Crippen LogP contribution in [-0.4, -0.2) is 56.0 Å². The number of ether oxygens (including phenoxy) is 3. The Hall–Kier alpha value is -3.18. The Balaban J connectivity index is 1.47. The Morgan fingerprint density at radius 2 is 1.32 bits per heavy atom. The Labute approximate surface area is 219 Å². The van der Waals surface area contributed by atoms with Crippen molar-refractivity contribution in [2.45, 2.75) is 41.7 Å². The summed E-state index contributed by atoms with van der Waals surface area (Å²) in [6, 6.07) is 22.8. The van der Waals surface area contributed by atoms with Gasteiger partial charge < -0.3 is 14.2 Å². The van der Waals surface area contributed by atoms with Crippen LogP contribution < -0.4 is 0 Å². The van der Waals surface area contributed by atoms with Crippen molar-refractivity contribution in [1.29, 1.82) is 0 Å². The van der Waals surface area contributed by atoms with E-state index in [1.165, 1.54) is 23.9 Å². The molecule has 2 aliphatic rings. The lowest BCUT2D eigenvalue weighted by Crippen LogP contribution is -2.58. The van der Waals surface area contributed by atoms with Crippen molar-refractivity contribution < 1.29 is 36.4 Å². The number of carbonyl (C=O) groups excluding carboxylic acids is 2. The van der Waals surface area contributed by atoms with Gasteiger partial charge >= 0.3 is 11.9 Å². The van der Waals surface area contributed by atoms with E-state index < -0.39 is 51.9 Å². The second kappa shape index (κ2) is 10.7. The summed E-state index contributed by atoms with van der Waals surface area (Å²) in [7, 11) is -4.26. The molecule has 8 nitrogen and oxygen atoms in total. The molecule has 0 aromatic heterocycles. The van der Waals surface area contributed by atoms with E-state index >= 15 is 0 Å². The number of aryl methyl sites for hydroxylation is 1. The van der Waals surface area contributed by atoms with Gasteiger partial charge in [-0.25, -0.2) is 9.59 Å². The normalized spacial score (nSPS) is 24.8. The molecule has 0 spiro atoms. The Bertz CT molecular complexity index is 1360. The van der Waals surface area contributed by atoms with E-state index in [-0.39, 0.29) is 10.5 Å². The zero-order valence-corrected chi connectivity index (χ0v) is 21.4. The fourth-order valence-corrected chi connectivity index (χ4v) is 6.53. The van der Waals surface area contributed by atoms with Crippen LogP contribution in [0.1, 0.15) is 26.3 Å². The number of fused-ring (bicyclic) bond motifs is 2. The van der Waals surface area contributed by atoms with Crippen LogP contribution in [0.2, 0.25) is 0 Å². The van der Waals surface area contributed by atoms with Crippen LogP contribution >= 0.6 is 11.8 Å². The van der Waals surface area contributed by atoms with Crippen LogP contribution in [0.15, 0.2) is 89.8 Å². The van der Waals surface area contributed by atoms with Crippen LogP contribution in [0.5, 0.6) is 0 Å². The molecule has 0 saturated carbocycles. The first kappa shape index (κ1) is 25.5. The van der Waals surface area contributed by atoms with Gasteiger partial charge in [0.25, 0.3) is 10.1 Å². The standard InChI is InChI=1S/C27H24O8S2/c1-17-12-14-20(15-13-17)37(30,31)35-22-21-16-36-27(32-21)24(34-26(29)19-10-6-3-7-11-19)23(22)33-25(28)18-8-4-2-5-9-18/h2-15,21-24,27H,16H2,1H3/t21-,22-,23+,24-,27+/m1/s1. The molecule has 0 radical (unpaired) electrons. The van der Waals surface area contributed by atoms with Gasteiger partial charge in [-0.05, 0) is 43.3 Å². The first-order valence-electron chi connectivity index (χ1n) is 11.6. The first-order valence-corrected chi connectivity index (χ1v) is 14.1. The van der Waals surface area contributed by atoms with Crippen molar-refractivity contribution in [2.75, 3.05) is 5.75 Å². The van der Waals surface area contributed by atoms with E-state index in [1.54, 1.807) is 72.8 Å². The summed E-state index contributed by atoms with van der Waals surface area (Å²) in [4.78, 5) is 26.0. The minimum atomic E-state index is -4.26. The summed E-state index contributed by atoms with van der Waals surface area (Å²) in [6.07, 6.45) is -4.28. The largest absolute Gasteiger partial charge is 0.452 e. The molecule has 0 unspecified atom stereocenters. The van der Waals surface area contributed by atoms with E-state index in [1.807, 2.05) is 6.92 Å². The Morgan fingerprint density at radius 1 is 0.784 bits per heavy atom. The van der Waals surface area contributed by atoms with Crippen molar-refractivity contribution in [2.24, 2.45) is 0 Å². The van der Waals surface area contributed by atoms with Crippen molar-refractivity contribution in [1.82, 2.24) is 0 Å². The lowest BCUT2D eigenvalue weighted by molar-refractivity contribution is -0.177. The van der Waals surface area contributed by atoms with Crippen LogP contribution in [0.3, 0.4) is 0 Å². The van der Waals surface area contributed by atoms with E-state index in [2.05, 4.69) is 0 Å². The molecule has 10 heteroatoms. The molecular weight excluding hydrogens is 516 g/mol. The van der Waals surface area contributed by atoms with Gasteiger partial charge in [0.15, 0.2) is 12.2 Å². The van der Waals surface area contributed by atoms with Crippen LogP contribution in [0, 0.1) is 6.92 Å². The SMILES string of the molecule is Cc1ccc(S(=O)(=O)O[C@H]2[C@H](OC(=O)c3ccccc3)[C@@H](OC(=O)c3ccccc3)[C@H]3O[C@@H]2CS3)cc1. The third kappa shape index (κ3) is 5.57.